The lowest BCUT2D eigenvalue weighted by Crippen LogP contribution is -2.23. The Kier molecular flexibility index (Phi) is 5.77. The second-order valence-corrected chi connectivity index (χ2v) is 7.47. The van der Waals surface area contributed by atoms with Crippen LogP contribution in [-0.2, 0) is 0 Å². The zero-order valence-corrected chi connectivity index (χ0v) is 18.4. The van der Waals surface area contributed by atoms with E-state index in [1.54, 1.807) is 26.4 Å². The maximum atomic E-state index is 12.8. The summed E-state index contributed by atoms with van der Waals surface area (Å²) in [6.45, 7) is 2.54. The average molecular weight is 439 g/mol. The fourth-order valence-corrected chi connectivity index (χ4v) is 4.05. The van der Waals surface area contributed by atoms with Crippen molar-refractivity contribution in [2.75, 3.05) is 27.9 Å². The highest BCUT2D eigenvalue weighted by molar-refractivity contribution is 7.15. The van der Waals surface area contributed by atoms with Crippen LogP contribution in [0.15, 0.2) is 41.2 Å². The van der Waals surface area contributed by atoms with E-state index in [-0.39, 0.29) is 5.56 Å². The van der Waals surface area contributed by atoms with Crippen LogP contribution in [0.25, 0.3) is 22.4 Å². The summed E-state index contributed by atoms with van der Waals surface area (Å²) >= 11 is 1.28. The minimum absolute atomic E-state index is 0.222. The molecule has 0 saturated heterocycles. The molecule has 4 aromatic rings. The summed E-state index contributed by atoms with van der Waals surface area (Å²) in [5.74, 6) is 2.64. The topological polar surface area (TPSA) is 84.2 Å². The molecule has 2 aromatic heterocycles. The molecule has 2 heterocycles. The number of nitrogens with zero attached hydrogens (tertiary/aromatic N) is 3. The van der Waals surface area contributed by atoms with Crippen molar-refractivity contribution in [3.8, 4) is 34.4 Å². The molecule has 0 saturated carbocycles. The highest BCUT2D eigenvalue weighted by Crippen LogP contribution is 2.40. The Morgan fingerprint density at radius 3 is 2.26 bits per heavy atom. The smallest absolute Gasteiger partial charge is 0.291 e. The van der Waals surface area contributed by atoms with E-state index in [1.807, 2.05) is 37.3 Å². The van der Waals surface area contributed by atoms with Gasteiger partial charge in [0, 0.05) is 5.56 Å². The number of aromatic nitrogens is 3. The van der Waals surface area contributed by atoms with Crippen LogP contribution in [0.4, 0.5) is 0 Å². The quantitative estimate of drug-likeness (QED) is 0.438. The van der Waals surface area contributed by atoms with E-state index in [0.717, 1.165) is 11.3 Å². The molecule has 0 bridgehead atoms. The molecule has 0 aliphatic carbocycles. The molecule has 8 nitrogen and oxygen atoms in total. The highest BCUT2D eigenvalue weighted by Gasteiger charge is 2.18. The van der Waals surface area contributed by atoms with Crippen LogP contribution in [0.3, 0.4) is 0 Å². The Labute approximate surface area is 182 Å². The van der Waals surface area contributed by atoms with Crippen LogP contribution in [0.5, 0.6) is 23.0 Å². The summed E-state index contributed by atoms with van der Waals surface area (Å²) in [4.78, 5) is 17.9. The van der Waals surface area contributed by atoms with Gasteiger partial charge < -0.3 is 18.9 Å². The first-order valence-electron chi connectivity index (χ1n) is 9.52. The van der Waals surface area contributed by atoms with Crippen molar-refractivity contribution in [2.45, 2.75) is 6.92 Å². The van der Waals surface area contributed by atoms with E-state index < -0.39 is 0 Å². The minimum Gasteiger partial charge on any atom is -0.494 e. The summed E-state index contributed by atoms with van der Waals surface area (Å²) in [6, 6.07) is 11.1. The van der Waals surface area contributed by atoms with Gasteiger partial charge in [-0.3, -0.25) is 4.79 Å². The lowest BCUT2D eigenvalue weighted by Gasteiger charge is -2.12. The molecule has 0 spiro atoms. The fourth-order valence-electron chi connectivity index (χ4n) is 3.14. The number of methoxy groups -OCH3 is 3. The van der Waals surface area contributed by atoms with Gasteiger partial charge in [0.15, 0.2) is 17.3 Å². The largest absolute Gasteiger partial charge is 0.494 e. The van der Waals surface area contributed by atoms with Gasteiger partial charge in [0.25, 0.3) is 5.56 Å². The van der Waals surface area contributed by atoms with E-state index in [0.29, 0.717) is 44.7 Å². The Morgan fingerprint density at radius 2 is 1.71 bits per heavy atom. The van der Waals surface area contributed by atoms with Crippen LogP contribution >= 0.6 is 11.3 Å². The summed E-state index contributed by atoms with van der Waals surface area (Å²) in [5, 5.41) is 4.40. The number of fused-ring (bicyclic) bond motifs is 1. The molecule has 0 atom stereocenters. The molecule has 0 aliphatic rings. The van der Waals surface area contributed by atoms with Crippen molar-refractivity contribution in [1.29, 1.82) is 0 Å². The molecule has 9 heteroatoms. The Hall–Kier alpha value is -3.59. The third-order valence-electron chi connectivity index (χ3n) is 4.59. The predicted octanol–water partition coefficient (Wildman–Crippen LogP) is 2.79. The first-order valence-corrected chi connectivity index (χ1v) is 10.3. The van der Waals surface area contributed by atoms with Crippen LogP contribution in [-0.4, -0.2) is 42.5 Å². The van der Waals surface area contributed by atoms with Gasteiger partial charge in [0.2, 0.25) is 10.7 Å². The number of thiazole rings is 1. The van der Waals surface area contributed by atoms with Crippen molar-refractivity contribution >= 4 is 22.4 Å². The van der Waals surface area contributed by atoms with Crippen molar-refractivity contribution < 1.29 is 18.9 Å². The zero-order chi connectivity index (χ0) is 22.0. The third kappa shape index (κ3) is 3.91. The Bertz CT molecular complexity index is 1300. The number of hydrogen-bond donors (Lipinski definition) is 0. The fraction of sp³-hybridized carbons (Fsp3) is 0.227. The van der Waals surface area contributed by atoms with Gasteiger partial charge in [-0.25, -0.2) is 0 Å². The number of hydrogen-bond acceptors (Lipinski definition) is 8. The van der Waals surface area contributed by atoms with Crippen LogP contribution in [0.2, 0.25) is 0 Å². The van der Waals surface area contributed by atoms with E-state index in [9.17, 15) is 4.79 Å². The molecular formula is C22H21N3O5S. The van der Waals surface area contributed by atoms with Crippen LogP contribution in [0, 0.1) is 0 Å². The van der Waals surface area contributed by atoms with Crippen molar-refractivity contribution in [3.05, 3.63) is 56.8 Å². The minimum atomic E-state index is -0.222. The first kappa shape index (κ1) is 20.7. The lowest BCUT2D eigenvalue weighted by atomic mass is 10.1. The zero-order valence-electron chi connectivity index (χ0n) is 17.5. The molecule has 2 aromatic carbocycles. The summed E-state index contributed by atoms with van der Waals surface area (Å²) in [5.41, 5.74) is 1.33. The molecule has 160 valence electrons. The van der Waals surface area contributed by atoms with Gasteiger partial charge in [-0.1, -0.05) is 23.5 Å². The van der Waals surface area contributed by atoms with Gasteiger partial charge in [0.05, 0.1) is 32.5 Å². The van der Waals surface area contributed by atoms with E-state index in [2.05, 4.69) is 10.1 Å². The van der Waals surface area contributed by atoms with Crippen LogP contribution in [0.1, 0.15) is 12.5 Å². The van der Waals surface area contributed by atoms with Gasteiger partial charge in [0.1, 0.15) is 5.75 Å². The second kappa shape index (κ2) is 8.65. The molecule has 0 fully saturated rings. The van der Waals surface area contributed by atoms with Gasteiger partial charge >= 0.3 is 0 Å². The Morgan fingerprint density at radius 1 is 1.03 bits per heavy atom. The third-order valence-corrected chi connectivity index (χ3v) is 5.55. The molecule has 4 rings (SSSR count). The maximum absolute atomic E-state index is 12.8. The average Bonchev–Trinajstić information content (AvgIpc) is 3.33. The van der Waals surface area contributed by atoms with Gasteiger partial charge in [-0.15, -0.1) is 5.10 Å². The molecular weight excluding hydrogens is 418 g/mol. The normalized spacial score (nSPS) is 11.7. The molecule has 0 amide bonds. The van der Waals surface area contributed by atoms with Crippen molar-refractivity contribution in [3.63, 3.8) is 0 Å². The maximum Gasteiger partial charge on any atom is 0.291 e. The molecule has 0 radical (unpaired) electrons. The molecule has 0 N–H and O–H groups in total. The standard InChI is InChI=1S/C22H21N3O5S/c1-5-30-15-8-6-13(7-9-15)10-18-21(26)25-22(31-18)23-20(24-25)14-11-16(27-2)19(29-4)17(12-14)28-3/h6-12H,5H2,1-4H3/b18-10+. The number of benzene rings is 2. The highest BCUT2D eigenvalue weighted by atomic mass is 32.1. The molecule has 0 unspecified atom stereocenters. The second-order valence-electron chi connectivity index (χ2n) is 6.46. The molecule has 0 aliphatic heterocycles. The van der Waals surface area contributed by atoms with E-state index >= 15 is 0 Å². The van der Waals surface area contributed by atoms with E-state index in [4.69, 9.17) is 18.9 Å². The van der Waals surface area contributed by atoms with Crippen molar-refractivity contribution in [2.24, 2.45) is 0 Å². The van der Waals surface area contributed by atoms with Gasteiger partial charge in [-0.2, -0.15) is 9.50 Å². The van der Waals surface area contributed by atoms with Crippen molar-refractivity contribution in [1.82, 2.24) is 14.6 Å². The first-order chi connectivity index (χ1) is 15.1. The van der Waals surface area contributed by atoms with E-state index in [1.165, 1.54) is 23.0 Å². The summed E-state index contributed by atoms with van der Waals surface area (Å²) in [7, 11) is 4.62. The summed E-state index contributed by atoms with van der Waals surface area (Å²) in [6.07, 6.45) is 1.82. The van der Waals surface area contributed by atoms with Gasteiger partial charge in [-0.05, 0) is 42.8 Å². The monoisotopic (exact) mass is 439 g/mol. The van der Waals surface area contributed by atoms with Crippen LogP contribution < -0.4 is 29.0 Å². The lowest BCUT2D eigenvalue weighted by molar-refractivity contribution is 0.324. The Balaban J connectivity index is 1.73. The summed E-state index contributed by atoms with van der Waals surface area (Å²) < 4.78 is 23.4. The number of rotatable bonds is 7. The predicted molar refractivity (Wildman–Crippen MR) is 119 cm³/mol. The number of ether oxygens (including phenoxy) is 4. The SMILES string of the molecule is CCOc1ccc(/C=c2/sc3nc(-c4cc(OC)c(OC)c(OC)c4)nn3c2=O)cc1. The molecule has 31 heavy (non-hydrogen) atoms.